The first-order chi connectivity index (χ1) is 10.8. The summed E-state index contributed by atoms with van der Waals surface area (Å²) in [4.78, 5) is 14.4. The van der Waals surface area contributed by atoms with Crippen LogP contribution in [-0.2, 0) is 16.0 Å². The summed E-state index contributed by atoms with van der Waals surface area (Å²) in [5, 5.41) is 0. The number of halogens is 1. The molecule has 1 amide bonds. The summed E-state index contributed by atoms with van der Waals surface area (Å²) >= 11 is 3.49. The number of carbonyl (C=O) groups excluding carboxylic acids is 1. The van der Waals surface area contributed by atoms with Crippen molar-refractivity contribution in [3.63, 3.8) is 0 Å². The van der Waals surface area contributed by atoms with Gasteiger partial charge in [-0.2, -0.15) is 0 Å². The molecule has 0 aliphatic carbocycles. The van der Waals surface area contributed by atoms with E-state index in [1.165, 1.54) is 0 Å². The lowest BCUT2D eigenvalue weighted by atomic mass is 9.99. The van der Waals surface area contributed by atoms with Gasteiger partial charge < -0.3 is 14.4 Å². The third kappa shape index (κ3) is 6.51. The normalized spacial score (nSPS) is 16.2. The Morgan fingerprint density at radius 3 is 2.65 bits per heavy atom. The number of hydrogen-bond donors (Lipinski definition) is 0. The second-order valence-electron chi connectivity index (χ2n) is 7.05. The zero-order chi connectivity index (χ0) is 16.9. The minimum atomic E-state index is -0.484. The zero-order valence-electron chi connectivity index (χ0n) is 14.2. The molecule has 0 unspecified atom stereocenters. The highest BCUT2D eigenvalue weighted by molar-refractivity contribution is 9.10. The van der Waals surface area contributed by atoms with Crippen molar-refractivity contribution >= 4 is 22.0 Å². The number of rotatable bonds is 4. The molecule has 1 heterocycles. The van der Waals surface area contributed by atoms with E-state index in [0.717, 1.165) is 36.1 Å². The lowest BCUT2D eigenvalue weighted by Gasteiger charge is -2.31. The predicted molar refractivity (Wildman–Crippen MR) is 94.3 cm³/mol. The highest BCUT2D eigenvalue weighted by Crippen LogP contribution is 2.21. The molecule has 1 aliphatic heterocycles. The van der Waals surface area contributed by atoms with Crippen LogP contribution in [0.15, 0.2) is 28.7 Å². The van der Waals surface area contributed by atoms with E-state index in [2.05, 4.69) is 15.9 Å². The molecule has 1 fully saturated rings. The van der Waals surface area contributed by atoms with Crippen LogP contribution in [0, 0.1) is 5.92 Å². The fraction of sp³-hybridized carbons (Fsp3) is 0.611. The van der Waals surface area contributed by atoms with Crippen molar-refractivity contribution < 1.29 is 14.3 Å². The molecule has 0 N–H and O–H groups in total. The molecule has 2 rings (SSSR count). The Balaban J connectivity index is 2.07. The van der Waals surface area contributed by atoms with Gasteiger partial charge in [-0.1, -0.05) is 28.1 Å². The summed E-state index contributed by atoms with van der Waals surface area (Å²) in [5.74, 6) is 0.475. The Labute approximate surface area is 147 Å². The van der Waals surface area contributed by atoms with Gasteiger partial charge in [0.2, 0.25) is 0 Å². The first-order valence-electron chi connectivity index (χ1n) is 8.13. The van der Waals surface area contributed by atoms with Crippen LogP contribution in [0.5, 0.6) is 0 Å². The largest absolute Gasteiger partial charge is 0.444 e. The monoisotopic (exact) mass is 383 g/mol. The van der Waals surface area contributed by atoms with Gasteiger partial charge in [0.25, 0.3) is 0 Å². The van der Waals surface area contributed by atoms with Crippen LogP contribution in [0.1, 0.15) is 39.2 Å². The molecule has 0 aromatic heterocycles. The van der Waals surface area contributed by atoms with Gasteiger partial charge in [0.15, 0.2) is 0 Å². The van der Waals surface area contributed by atoms with Gasteiger partial charge in [-0.25, -0.2) is 4.79 Å². The number of hydrogen-bond acceptors (Lipinski definition) is 3. The van der Waals surface area contributed by atoms with E-state index in [1.807, 2.05) is 49.9 Å². The summed E-state index contributed by atoms with van der Waals surface area (Å²) in [7, 11) is 0. The van der Waals surface area contributed by atoms with Gasteiger partial charge in [-0.3, -0.25) is 0 Å². The third-order valence-electron chi connectivity index (χ3n) is 3.73. The molecular formula is C18H26BrNO3. The summed E-state index contributed by atoms with van der Waals surface area (Å²) in [6.07, 6.45) is 1.75. The van der Waals surface area contributed by atoms with Crippen molar-refractivity contribution in [3.05, 3.63) is 34.3 Å². The molecule has 128 valence electrons. The second kappa shape index (κ2) is 8.15. The topological polar surface area (TPSA) is 38.8 Å². The van der Waals surface area contributed by atoms with Crippen LogP contribution in [0.3, 0.4) is 0 Å². The molecular weight excluding hydrogens is 358 g/mol. The van der Waals surface area contributed by atoms with E-state index in [9.17, 15) is 4.79 Å². The van der Waals surface area contributed by atoms with E-state index >= 15 is 0 Å². The quantitative estimate of drug-likeness (QED) is 0.761. The van der Waals surface area contributed by atoms with Crippen molar-refractivity contribution in [2.24, 2.45) is 5.92 Å². The SMILES string of the molecule is CC(C)(C)OC(=O)N(Cc1cccc(Br)c1)CC1CCOCC1. The Morgan fingerprint density at radius 2 is 2.04 bits per heavy atom. The maximum Gasteiger partial charge on any atom is 0.410 e. The Hall–Kier alpha value is -1.07. The minimum Gasteiger partial charge on any atom is -0.444 e. The van der Waals surface area contributed by atoms with Crippen LogP contribution in [-0.4, -0.2) is 36.4 Å². The number of amides is 1. The Kier molecular flexibility index (Phi) is 6.48. The molecule has 1 aromatic rings. The van der Waals surface area contributed by atoms with Crippen LogP contribution < -0.4 is 0 Å². The Morgan fingerprint density at radius 1 is 1.35 bits per heavy atom. The number of carbonyl (C=O) groups is 1. The van der Waals surface area contributed by atoms with Gasteiger partial charge >= 0.3 is 6.09 Å². The van der Waals surface area contributed by atoms with Crippen molar-refractivity contribution in [1.29, 1.82) is 0 Å². The standard InChI is InChI=1S/C18H26BrNO3/c1-18(2,3)23-17(21)20(12-14-7-9-22-10-8-14)13-15-5-4-6-16(19)11-15/h4-6,11,14H,7-10,12-13H2,1-3H3. The van der Waals surface area contributed by atoms with Crippen molar-refractivity contribution in [2.75, 3.05) is 19.8 Å². The minimum absolute atomic E-state index is 0.246. The molecule has 1 saturated heterocycles. The predicted octanol–water partition coefficient (Wildman–Crippen LogP) is 4.61. The summed E-state index contributed by atoms with van der Waals surface area (Å²) in [6.45, 7) is 8.54. The van der Waals surface area contributed by atoms with Gasteiger partial charge in [0.1, 0.15) is 5.60 Å². The van der Waals surface area contributed by atoms with Crippen LogP contribution >= 0.6 is 15.9 Å². The third-order valence-corrected chi connectivity index (χ3v) is 4.23. The van der Waals surface area contributed by atoms with E-state index in [-0.39, 0.29) is 6.09 Å². The summed E-state index contributed by atoms with van der Waals surface area (Å²) in [6, 6.07) is 8.05. The maximum atomic E-state index is 12.6. The van der Waals surface area contributed by atoms with Crippen LogP contribution in [0.2, 0.25) is 0 Å². The van der Waals surface area contributed by atoms with E-state index in [0.29, 0.717) is 19.0 Å². The average molecular weight is 384 g/mol. The molecule has 0 radical (unpaired) electrons. The maximum absolute atomic E-state index is 12.6. The highest BCUT2D eigenvalue weighted by atomic mass is 79.9. The van der Waals surface area contributed by atoms with E-state index in [4.69, 9.17) is 9.47 Å². The summed E-state index contributed by atoms with van der Waals surface area (Å²) in [5.41, 5.74) is 0.611. The van der Waals surface area contributed by atoms with Crippen molar-refractivity contribution in [2.45, 2.75) is 45.8 Å². The van der Waals surface area contributed by atoms with Crippen molar-refractivity contribution in [1.82, 2.24) is 4.90 Å². The fourth-order valence-electron chi connectivity index (χ4n) is 2.63. The van der Waals surface area contributed by atoms with E-state index in [1.54, 1.807) is 0 Å². The van der Waals surface area contributed by atoms with Gasteiger partial charge in [0, 0.05) is 30.8 Å². The zero-order valence-corrected chi connectivity index (χ0v) is 15.8. The van der Waals surface area contributed by atoms with Gasteiger partial charge in [-0.15, -0.1) is 0 Å². The number of ether oxygens (including phenoxy) is 2. The molecule has 5 heteroatoms. The van der Waals surface area contributed by atoms with Crippen LogP contribution in [0.4, 0.5) is 4.79 Å². The molecule has 1 aliphatic rings. The number of benzene rings is 1. The Bertz CT molecular complexity index is 521. The van der Waals surface area contributed by atoms with E-state index < -0.39 is 5.60 Å². The van der Waals surface area contributed by atoms with Gasteiger partial charge in [-0.05, 0) is 57.2 Å². The van der Waals surface area contributed by atoms with Crippen LogP contribution in [0.25, 0.3) is 0 Å². The molecule has 0 bridgehead atoms. The number of nitrogens with zero attached hydrogens (tertiary/aromatic N) is 1. The molecule has 1 aromatic carbocycles. The fourth-order valence-corrected chi connectivity index (χ4v) is 3.07. The van der Waals surface area contributed by atoms with Gasteiger partial charge in [0.05, 0.1) is 0 Å². The lowest BCUT2D eigenvalue weighted by molar-refractivity contribution is 0.0104. The molecule has 0 saturated carbocycles. The average Bonchev–Trinajstić information content (AvgIpc) is 2.46. The first kappa shape index (κ1) is 18.3. The molecule has 23 heavy (non-hydrogen) atoms. The first-order valence-corrected chi connectivity index (χ1v) is 8.93. The lowest BCUT2D eigenvalue weighted by Crippen LogP contribution is -2.40. The molecule has 0 spiro atoms. The summed E-state index contributed by atoms with van der Waals surface area (Å²) < 4.78 is 12.0. The van der Waals surface area contributed by atoms with Crippen molar-refractivity contribution in [3.8, 4) is 0 Å². The highest BCUT2D eigenvalue weighted by Gasteiger charge is 2.25. The molecule has 0 atom stereocenters. The second-order valence-corrected chi connectivity index (χ2v) is 7.96. The molecule has 4 nitrogen and oxygen atoms in total. The smallest absolute Gasteiger partial charge is 0.410 e.